The van der Waals surface area contributed by atoms with Gasteiger partial charge in [-0.15, -0.1) is 0 Å². The molecule has 3 rings (SSSR count). The minimum absolute atomic E-state index is 0.223. The summed E-state index contributed by atoms with van der Waals surface area (Å²) in [4.78, 5) is 0. The molecule has 0 radical (unpaired) electrons. The zero-order valence-corrected chi connectivity index (χ0v) is 10.2. The van der Waals surface area contributed by atoms with Gasteiger partial charge in [-0.25, -0.2) is 4.39 Å². The molecule has 2 heterocycles. The molecule has 4 nitrogen and oxygen atoms in total. The lowest BCUT2D eigenvalue weighted by Gasteiger charge is -2.02. The highest BCUT2D eigenvalue weighted by atomic mass is 19.1. The Balaban J connectivity index is 2.22. The van der Waals surface area contributed by atoms with Crippen molar-refractivity contribution in [1.82, 2.24) is 5.16 Å². The van der Waals surface area contributed by atoms with Gasteiger partial charge in [-0.1, -0.05) is 17.3 Å². The van der Waals surface area contributed by atoms with Crippen LogP contribution in [0.15, 0.2) is 45.5 Å². The molecule has 0 bridgehead atoms. The Kier molecular flexibility index (Phi) is 2.59. The standard InChI is InChI=1S/C14H11FN2O2/c1-8-11(5-6-18-8)13-12(14(16)17-19-13)9-3-2-4-10(15)7-9/h2-7H,1H3,(H2,16,17). The van der Waals surface area contributed by atoms with Crippen LogP contribution < -0.4 is 5.73 Å². The first-order valence-electron chi connectivity index (χ1n) is 5.72. The Hall–Kier alpha value is -2.56. The van der Waals surface area contributed by atoms with E-state index >= 15 is 0 Å². The van der Waals surface area contributed by atoms with Crippen molar-refractivity contribution in [2.75, 3.05) is 5.73 Å². The van der Waals surface area contributed by atoms with Gasteiger partial charge in [0.15, 0.2) is 11.6 Å². The summed E-state index contributed by atoms with van der Waals surface area (Å²) >= 11 is 0. The molecule has 2 aromatic heterocycles. The maximum Gasteiger partial charge on any atom is 0.180 e. The molecule has 96 valence electrons. The number of nitrogens with zero attached hydrogens (tertiary/aromatic N) is 1. The normalized spacial score (nSPS) is 10.8. The van der Waals surface area contributed by atoms with Crippen LogP contribution in [0.2, 0.25) is 0 Å². The van der Waals surface area contributed by atoms with Crippen LogP contribution in [0.3, 0.4) is 0 Å². The molecule has 0 aliphatic carbocycles. The molecule has 5 heteroatoms. The Morgan fingerprint density at radius 1 is 1.26 bits per heavy atom. The first-order chi connectivity index (χ1) is 9.16. The molecule has 0 atom stereocenters. The third kappa shape index (κ3) is 1.89. The van der Waals surface area contributed by atoms with Crippen LogP contribution in [0.1, 0.15) is 5.76 Å². The van der Waals surface area contributed by atoms with Gasteiger partial charge in [0.1, 0.15) is 11.6 Å². The predicted octanol–water partition coefficient (Wildman–Crippen LogP) is 3.63. The first-order valence-corrected chi connectivity index (χ1v) is 5.72. The molecule has 0 aliphatic rings. The van der Waals surface area contributed by atoms with Crippen LogP contribution in [-0.2, 0) is 0 Å². The maximum atomic E-state index is 13.3. The van der Waals surface area contributed by atoms with E-state index in [1.165, 1.54) is 12.1 Å². The van der Waals surface area contributed by atoms with Gasteiger partial charge >= 0.3 is 0 Å². The second kappa shape index (κ2) is 4.28. The van der Waals surface area contributed by atoms with E-state index in [9.17, 15) is 4.39 Å². The number of halogens is 1. The third-order valence-electron chi connectivity index (χ3n) is 2.94. The number of furan rings is 1. The fourth-order valence-corrected chi connectivity index (χ4v) is 2.03. The van der Waals surface area contributed by atoms with Gasteiger partial charge in [-0.05, 0) is 30.7 Å². The zero-order chi connectivity index (χ0) is 13.4. The Labute approximate surface area is 108 Å². The molecule has 1 aromatic carbocycles. The number of aryl methyl sites for hydroxylation is 1. The van der Waals surface area contributed by atoms with Crippen molar-refractivity contribution in [3.8, 4) is 22.5 Å². The maximum absolute atomic E-state index is 13.3. The van der Waals surface area contributed by atoms with E-state index in [-0.39, 0.29) is 11.6 Å². The number of benzene rings is 1. The molecular formula is C14H11FN2O2. The molecule has 19 heavy (non-hydrogen) atoms. The molecule has 0 aliphatic heterocycles. The second-order valence-electron chi connectivity index (χ2n) is 4.17. The minimum Gasteiger partial charge on any atom is -0.469 e. The van der Waals surface area contributed by atoms with Gasteiger partial charge in [0.05, 0.1) is 17.4 Å². The first kappa shape index (κ1) is 11.5. The Morgan fingerprint density at radius 2 is 2.11 bits per heavy atom. The number of hydrogen-bond acceptors (Lipinski definition) is 4. The van der Waals surface area contributed by atoms with Crippen molar-refractivity contribution in [2.45, 2.75) is 6.92 Å². The molecule has 0 amide bonds. The monoisotopic (exact) mass is 258 g/mol. The van der Waals surface area contributed by atoms with Crippen LogP contribution in [0.5, 0.6) is 0 Å². The number of anilines is 1. The fraction of sp³-hybridized carbons (Fsp3) is 0.0714. The molecule has 0 saturated carbocycles. The topological polar surface area (TPSA) is 65.2 Å². The molecule has 0 spiro atoms. The van der Waals surface area contributed by atoms with Crippen LogP contribution in [-0.4, -0.2) is 5.16 Å². The van der Waals surface area contributed by atoms with E-state index in [1.807, 2.05) is 6.92 Å². The molecule has 0 fully saturated rings. The summed E-state index contributed by atoms with van der Waals surface area (Å²) in [5.74, 6) is 1.05. The smallest absolute Gasteiger partial charge is 0.180 e. The summed E-state index contributed by atoms with van der Waals surface area (Å²) in [6.07, 6.45) is 1.55. The Bertz CT molecular complexity index is 731. The summed E-state index contributed by atoms with van der Waals surface area (Å²) in [6, 6.07) is 7.89. The van der Waals surface area contributed by atoms with Crippen LogP contribution in [0.25, 0.3) is 22.5 Å². The van der Waals surface area contributed by atoms with Crippen molar-refractivity contribution >= 4 is 5.82 Å². The van der Waals surface area contributed by atoms with E-state index in [4.69, 9.17) is 14.7 Å². The van der Waals surface area contributed by atoms with E-state index in [0.717, 1.165) is 5.56 Å². The minimum atomic E-state index is -0.340. The molecule has 0 unspecified atom stereocenters. The SMILES string of the molecule is Cc1occc1-c1onc(N)c1-c1cccc(F)c1. The molecule has 2 N–H and O–H groups in total. The van der Waals surface area contributed by atoms with Crippen LogP contribution in [0.4, 0.5) is 10.2 Å². The fourth-order valence-electron chi connectivity index (χ4n) is 2.03. The van der Waals surface area contributed by atoms with E-state index < -0.39 is 0 Å². The van der Waals surface area contributed by atoms with Crippen molar-refractivity contribution in [2.24, 2.45) is 0 Å². The number of nitrogen functional groups attached to an aromatic ring is 1. The number of hydrogen-bond donors (Lipinski definition) is 1. The highest BCUT2D eigenvalue weighted by molar-refractivity contribution is 5.86. The average Bonchev–Trinajstić information content (AvgIpc) is 2.95. The van der Waals surface area contributed by atoms with Crippen LogP contribution in [0, 0.1) is 12.7 Å². The van der Waals surface area contributed by atoms with Crippen molar-refractivity contribution in [3.63, 3.8) is 0 Å². The molecular weight excluding hydrogens is 247 g/mol. The summed E-state index contributed by atoms with van der Waals surface area (Å²) in [5.41, 5.74) is 7.77. The summed E-state index contributed by atoms with van der Waals surface area (Å²) in [5, 5.41) is 3.76. The number of nitrogens with two attached hydrogens (primary N) is 1. The second-order valence-corrected chi connectivity index (χ2v) is 4.17. The van der Waals surface area contributed by atoms with Gasteiger partial charge in [-0.2, -0.15) is 0 Å². The number of rotatable bonds is 2. The molecule has 0 saturated heterocycles. The molecule has 3 aromatic rings. The zero-order valence-electron chi connectivity index (χ0n) is 10.2. The largest absolute Gasteiger partial charge is 0.469 e. The highest BCUT2D eigenvalue weighted by Crippen LogP contribution is 2.38. The van der Waals surface area contributed by atoms with E-state index in [2.05, 4.69) is 5.16 Å². The van der Waals surface area contributed by atoms with Crippen LogP contribution >= 0.6 is 0 Å². The summed E-state index contributed by atoms with van der Waals surface area (Å²) in [6.45, 7) is 1.81. The van der Waals surface area contributed by atoms with Crippen molar-refractivity contribution < 1.29 is 13.3 Å². The quantitative estimate of drug-likeness (QED) is 0.762. The van der Waals surface area contributed by atoms with E-state index in [0.29, 0.717) is 22.6 Å². The summed E-state index contributed by atoms with van der Waals surface area (Å²) in [7, 11) is 0. The van der Waals surface area contributed by atoms with Gasteiger partial charge in [-0.3, -0.25) is 0 Å². The van der Waals surface area contributed by atoms with E-state index in [1.54, 1.807) is 24.5 Å². The Morgan fingerprint density at radius 3 is 2.79 bits per heavy atom. The lowest BCUT2D eigenvalue weighted by atomic mass is 10.0. The third-order valence-corrected chi connectivity index (χ3v) is 2.94. The van der Waals surface area contributed by atoms with Crippen molar-refractivity contribution in [3.05, 3.63) is 48.2 Å². The van der Waals surface area contributed by atoms with Gasteiger partial charge < -0.3 is 14.7 Å². The highest BCUT2D eigenvalue weighted by Gasteiger charge is 2.20. The lowest BCUT2D eigenvalue weighted by molar-refractivity contribution is 0.434. The summed E-state index contributed by atoms with van der Waals surface area (Å²) < 4.78 is 23.8. The van der Waals surface area contributed by atoms with Gasteiger partial charge in [0, 0.05) is 0 Å². The average molecular weight is 258 g/mol. The number of aromatic nitrogens is 1. The lowest BCUT2D eigenvalue weighted by Crippen LogP contribution is -1.89. The van der Waals surface area contributed by atoms with Gasteiger partial charge in [0.25, 0.3) is 0 Å². The van der Waals surface area contributed by atoms with Crippen molar-refractivity contribution in [1.29, 1.82) is 0 Å². The van der Waals surface area contributed by atoms with Gasteiger partial charge in [0.2, 0.25) is 0 Å². The predicted molar refractivity (Wildman–Crippen MR) is 68.7 cm³/mol.